The lowest BCUT2D eigenvalue weighted by Crippen LogP contribution is -2.60. The number of allylic oxidation sites excluding steroid dienone is 6. The Kier molecular flexibility index (Phi) is 40.3. The molecule has 1 aliphatic heterocycles. The highest BCUT2D eigenvalue weighted by molar-refractivity contribution is 7.85. The zero-order chi connectivity index (χ0) is 48.4. The molecule has 0 aromatic rings. The van der Waals surface area contributed by atoms with E-state index in [1.54, 1.807) is 0 Å². The fraction of sp³-hybridized carbons (Fsp3) is 0.849. The van der Waals surface area contributed by atoms with Crippen LogP contribution in [0.2, 0.25) is 0 Å². The Labute approximate surface area is 401 Å². The van der Waals surface area contributed by atoms with E-state index in [1.165, 1.54) is 135 Å². The van der Waals surface area contributed by atoms with Crippen molar-refractivity contribution < 1.29 is 56.8 Å². The Morgan fingerprint density at radius 2 is 0.894 bits per heavy atom. The van der Waals surface area contributed by atoms with Gasteiger partial charge in [-0.2, -0.15) is 8.42 Å². The summed E-state index contributed by atoms with van der Waals surface area (Å²) in [5.74, 6) is -2.04. The van der Waals surface area contributed by atoms with Gasteiger partial charge >= 0.3 is 11.9 Å². The maximum Gasteiger partial charge on any atom is 0.306 e. The average Bonchev–Trinajstić information content (AvgIpc) is 3.28. The predicted molar refractivity (Wildman–Crippen MR) is 266 cm³/mol. The summed E-state index contributed by atoms with van der Waals surface area (Å²) in [5, 5.41) is 31.0. The SMILES string of the molecule is CCCCCC/C=C/CCCCCCCCCC(=O)O[C@H](COC(=O)CCC/C=C/CC/C=C/CCCCCCCCCCCCCCCC)CO[C@H]1O[C@H](CS(=O)(=O)O)[C@@H](O)C(O)C1O. The largest absolute Gasteiger partial charge is 0.462 e. The summed E-state index contributed by atoms with van der Waals surface area (Å²) in [5.41, 5.74) is 0. The van der Waals surface area contributed by atoms with Gasteiger partial charge in [-0.1, -0.05) is 185 Å². The van der Waals surface area contributed by atoms with Crippen molar-refractivity contribution in [1.29, 1.82) is 0 Å². The van der Waals surface area contributed by atoms with Crippen LogP contribution in [-0.2, 0) is 38.7 Å². The van der Waals surface area contributed by atoms with E-state index in [-0.39, 0.29) is 19.4 Å². The van der Waals surface area contributed by atoms with Crippen LogP contribution in [0.5, 0.6) is 0 Å². The summed E-state index contributed by atoms with van der Waals surface area (Å²) < 4.78 is 54.2. The molecular weight excluding hydrogens is 861 g/mol. The first kappa shape index (κ1) is 61.9. The van der Waals surface area contributed by atoms with Crippen molar-refractivity contribution in [2.75, 3.05) is 19.0 Å². The normalized spacial score (nSPS) is 19.6. The zero-order valence-electron chi connectivity index (χ0n) is 41.6. The summed E-state index contributed by atoms with van der Waals surface area (Å²) in [6.45, 7) is 3.74. The molecule has 0 spiro atoms. The zero-order valence-corrected chi connectivity index (χ0v) is 42.4. The number of carbonyl (C=O) groups is 2. The second kappa shape index (κ2) is 42.9. The summed E-state index contributed by atoms with van der Waals surface area (Å²) in [6, 6.07) is 0. The average molecular weight is 957 g/mol. The van der Waals surface area contributed by atoms with Crippen molar-refractivity contribution in [2.24, 2.45) is 0 Å². The second-order valence-electron chi connectivity index (χ2n) is 18.5. The Balaban J connectivity index is 2.36. The van der Waals surface area contributed by atoms with Crippen molar-refractivity contribution in [2.45, 2.75) is 269 Å². The molecule has 1 aliphatic rings. The lowest BCUT2D eigenvalue weighted by molar-refractivity contribution is -0.297. The van der Waals surface area contributed by atoms with Gasteiger partial charge in [0.1, 0.15) is 36.8 Å². The van der Waals surface area contributed by atoms with Gasteiger partial charge in [0.25, 0.3) is 10.1 Å². The van der Waals surface area contributed by atoms with Crippen LogP contribution < -0.4 is 0 Å². The Bertz CT molecular complexity index is 1350. The fourth-order valence-corrected chi connectivity index (χ4v) is 8.74. The van der Waals surface area contributed by atoms with Crippen molar-refractivity contribution in [1.82, 2.24) is 0 Å². The maximum absolute atomic E-state index is 12.9. The van der Waals surface area contributed by atoms with E-state index in [1.807, 2.05) is 0 Å². The van der Waals surface area contributed by atoms with Crippen molar-refractivity contribution >= 4 is 22.1 Å². The topological polar surface area (TPSA) is 186 Å². The molecule has 1 rings (SSSR count). The number of aliphatic hydroxyl groups is 3. The lowest BCUT2D eigenvalue weighted by Gasteiger charge is -2.40. The number of hydrogen-bond acceptors (Lipinski definition) is 11. The number of hydrogen-bond donors (Lipinski definition) is 4. The van der Waals surface area contributed by atoms with E-state index in [9.17, 15) is 37.9 Å². The van der Waals surface area contributed by atoms with Gasteiger partial charge in [0.15, 0.2) is 12.4 Å². The molecule has 12 nitrogen and oxygen atoms in total. The van der Waals surface area contributed by atoms with E-state index in [4.69, 9.17) is 18.9 Å². The van der Waals surface area contributed by atoms with Crippen LogP contribution in [0.3, 0.4) is 0 Å². The summed E-state index contributed by atoms with van der Waals surface area (Å²) >= 11 is 0. The summed E-state index contributed by atoms with van der Waals surface area (Å²) in [7, 11) is -4.61. The van der Waals surface area contributed by atoms with E-state index >= 15 is 0 Å². The lowest BCUT2D eigenvalue weighted by atomic mass is 10.00. The summed E-state index contributed by atoms with van der Waals surface area (Å²) in [6.07, 6.45) is 42.0. The van der Waals surface area contributed by atoms with Crippen molar-refractivity contribution in [3.63, 3.8) is 0 Å². The first-order valence-electron chi connectivity index (χ1n) is 26.5. The van der Waals surface area contributed by atoms with Gasteiger partial charge in [0.2, 0.25) is 0 Å². The standard InChI is InChI=1S/C53H96O12S/c1-3-5-7-9-11-13-15-17-19-20-21-22-23-24-25-26-28-29-31-33-35-37-39-41-48(54)62-43-46(44-63-53-52(58)51(57)50(56)47(65-53)45-66(59,60)61)64-49(55)42-40-38-36-34-32-30-27-18-16-14-12-10-8-6-4-2/h14,16,26,28,33,35,46-47,50-53,56-58H,3-13,15,17-25,27,29-32,34,36-45H2,1-2H3,(H,59,60,61)/b16-14+,28-26+,35-33+/t46-,47-,50-,51?,52?,53+/m1/s1. The smallest absolute Gasteiger partial charge is 0.306 e. The van der Waals surface area contributed by atoms with Crippen LogP contribution in [0.4, 0.5) is 0 Å². The third kappa shape index (κ3) is 36.9. The number of esters is 2. The van der Waals surface area contributed by atoms with E-state index in [0.29, 0.717) is 19.3 Å². The minimum Gasteiger partial charge on any atom is -0.462 e. The van der Waals surface area contributed by atoms with E-state index in [2.05, 4.69) is 50.3 Å². The minimum absolute atomic E-state index is 0.152. The molecule has 2 unspecified atom stereocenters. The van der Waals surface area contributed by atoms with Crippen molar-refractivity contribution in [3.05, 3.63) is 36.5 Å². The molecule has 13 heteroatoms. The van der Waals surface area contributed by atoms with Gasteiger partial charge in [-0.15, -0.1) is 0 Å². The van der Waals surface area contributed by atoms with E-state index < -0.39 is 71.2 Å². The first-order valence-corrected chi connectivity index (χ1v) is 28.2. The molecule has 386 valence electrons. The number of unbranched alkanes of at least 4 members (excludes halogenated alkanes) is 27. The number of carbonyl (C=O) groups excluding carboxylic acids is 2. The molecule has 1 saturated heterocycles. The van der Waals surface area contributed by atoms with Gasteiger partial charge in [0, 0.05) is 12.8 Å². The Hall–Kier alpha value is -2.13. The molecular formula is C53H96O12S. The minimum atomic E-state index is -4.61. The quantitative estimate of drug-likeness (QED) is 0.0196. The number of aliphatic hydroxyl groups excluding tert-OH is 3. The molecule has 0 aromatic heterocycles. The van der Waals surface area contributed by atoms with Crippen LogP contribution in [-0.4, -0.2) is 96.0 Å². The molecule has 0 bridgehead atoms. The number of ether oxygens (including phenoxy) is 4. The fourth-order valence-electron chi connectivity index (χ4n) is 8.05. The van der Waals surface area contributed by atoms with Crippen molar-refractivity contribution in [3.8, 4) is 0 Å². The first-order chi connectivity index (χ1) is 32.0. The van der Waals surface area contributed by atoms with Gasteiger partial charge in [-0.25, -0.2) is 0 Å². The molecule has 0 aromatic carbocycles. The summed E-state index contributed by atoms with van der Waals surface area (Å²) in [4.78, 5) is 25.5. The highest BCUT2D eigenvalue weighted by atomic mass is 32.2. The van der Waals surface area contributed by atoms with Crippen LogP contribution in [0.15, 0.2) is 36.5 Å². The third-order valence-corrected chi connectivity index (χ3v) is 12.9. The van der Waals surface area contributed by atoms with Crippen LogP contribution in [0.25, 0.3) is 0 Å². The van der Waals surface area contributed by atoms with Crippen LogP contribution >= 0.6 is 0 Å². The predicted octanol–water partition coefficient (Wildman–Crippen LogP) is 12.1. The second-order valence-corrected chi connectivity index (χ2v) is 20.0. The third-order valence-electron chi connectivity index (χ3n) is 12.2. The molecule has 0 aliphatic carbocycles. The Morgan fingerprint density at radius 1 is 0.500 bits per heavy atom. The van der Waals surface area contributed by atoms with Crippen LogP contribution in [0.1, 0.15) is 232 Å². The molecule has 0 radical (unpaired) electrons. The molecule has 1 fully saturated rings. The molecule has 0 amide bonds. The molecule has 4 N–H and O–H groups in total. The highest BCUT2D eigenvalue weighted by Gasteiger charge is 2.46. The van der Waals surface area contributed by atoms with Gasteiger partial charge < -0.3 is 34.3 Å². The molecule has 6 atom stereocenters. The van der Waals surface area contributed by atoms with Gasteiger partial charge in [0.05, 0.1) is 6.61 Å². The molecule has 66 heavy (non-hydrogen) atoms. The molecule has 1 heterocycles. The number of rotatable bonds is 45. The monoisotopic (exact) mass is 957 g/mol. The van der Waals surface area contributed by atoms with Crippen LogP contribution in [0, 0.1) is 0 Å². The highest BCUT2D eigenvalue weighted by Crippen LogP contribution is 2.24. The maximum atomic E-state index is 12.9. The molecule has 0 saturated carbocycles. The van der Waals surface area contributed by atoms with Gasteiger partial charge in [-0.05, 0) is 70.6 Å². The van der Waals surface area contributed by atoms with E-state index in [0.717, 1.165) is 51.4 Å². The Morgan fingerprint density at radius 3 is 1.36 bits per heavy atom. The van der Waals surface area contributed by atoms with Gasteiger partial charge in [-0.3, -0.25) is 14.1 Å².